The van der Waals surface area contributed by atoms with Crippen LogP contribution in [0.2, 0.25) is 0 Å². The normalized spacial score (nSPS) is 25.6. The van der Waals surface area contributed by atoms with Crippen molar-refractivity contribution in [1.29, 1.82) is 0 Å². The quantitative estimate of drug-likeness (QED) is 0.807. The Morgan fingerprint density at radius 3 is 2.24 bits per heavy atom. The zero-order chi connectivity index (χ0) is 12.4. The van der Waals surface area contributed by atoms with Gasteiger partial charge in [-0.25, -0.2) is 0 Å². The molecule has 2 heteroatoms. The summed E-state index contributed by atoms with van der Waals surface area (Å²) in [6.07, 6.45) is 14.1. The van der Waals surface area contributed by atoms with E-state index in [2.05, 4.69) is 25.4 Å². The summed E-state index contributed by atoms with van der Waals surface area (Å²) in [5.41, 5.74) is 0.785. The summed E-state index contributed by atoms with van der Waals surface area (Å²) in [4.78, 5) is 0. The van der Waals surface area contributed by atoms with E-state index in [-0.39, 0.29) is 0 Å². The predicted molar refractivity (Wildman–Crippen MR) is 78.8 cm³/mol. The number of nitrogens with one attached hydrogen (secondary N) is 1. The molecule has 0 aromatic rings. The van der Waals surface area contributed by atoms with Gasteiger partial charge in [0.15, 0.2) is 0 Å². The van der Waals surface area contributed by atoms with E-state index < -0.39 is 0 Å². The van der Waals surface area contributed by atoms with Gasteiger partial charge in [0, 0.05) is 17.3 Å². The monoisotopic (exact) mass is 255 g/mol. The van der Waals surface area contributed by atoms with Gasteiger partial charge in [-0.2, -0.15) is 11.8 Å². The van der Waals surface area contributed by atoms with Crippen LogP contribution in [-0.2, 0) is 0 Å². The van der Waals surface area contributed by atoms with Crippen molar-refractivity contribution < 1.29 is 0 Å². The van der Waals surface area contributed by atoms with Crippen LogP contribution in [0, 0.1) is 5.41 Å². The largest absolute Gasteiger partial charge is 0.313 e. The molecule has 17 heavy (non-hydrogen) atoms. The minimum Gasteiger partial charge on any atom is -0.313 e. The van der Waals surface area contributed by atoms with Crippen LogP contribution in [0.4, 0.5) is 0 Å². The fourth-order valence-electron chi connectivity index (χ4n) is 3.52. The lowest BCUT2D eigenvalue weighted by atomic mass is 9.71. The van der Waals surface area contributed by atoms with Crippen molar-refractivity contribution in [1.82, 2.24) is 5.32 Å². The second-order valence-electron chi connectivity index (χ2n) is 6.83. The molecule has 100 valence electrons. The molecule has 2 saturated carbocycles. The highest BCUT2D eigenvalue weighted by molar-refractivity contribution is 7.99. The molecular formula is C15H29NS. The lowest BCUT2D eigenvalue weighted by Crippen LogP contribution is -2.42. The van der Waals surface area contributed by atoms with Crippen molar-refractivity contribution in [3.8, 4) is 0 Å². The molecule has 2 rings (SSSR count). The van der Waals surface area contributed by atoms with Gasteiger partial charge < -0.3 is 5.32 Å². The number of rotatable bonds is 4. The van der Waals surface area contributed by atoms with Crippen LogP contribution < -0.4 is 5.32 Å². The third-order valence-corrected chi connectivity index (χ3v) is 6.33. The minimum atomic E-state index is 0.391. The van der Waals surface area contributed by atoms with Crippen molar-refractivity contribution in [2.24, 2.45) is 5.41 Å². The van der Waals surface area contributed by atoms with Crippen molar-refractivity contribution in [3.63, 3.8) is 0 Å². The third kappa shape index (κ3) is 3.64. The second-order valence-corrected chi connectivity index (χ2v) is 8.34. The molecule has 1 N–H and O–H groups in total. The van der Waals surface area contributed by atoms with Crippen LogP contribution in [0.3, 0.4) is 0 Å². The highest BCUT2D eigenvalue weighted by Crippen LogP contribution is 2.48. The first kappa shape index (κ1) is 13.7. The summed E-state index contributed by atoms with van der Waals surface area (Å²) in [7, 11) is 0. The summed E-state index contributed by atoms with van der Waals surface area (Å²) >= 11 is 1.97. The van der Waals surface area contributed by atoms with Gasteiger partial charge in [-0.3, -0.25) is 0 Å². The lowest BCUT2D eigenvalue weighted by Gasteiger charge is -2.38. The Balaban J connectivity index is 1.72. The molecule has 0 bridgehead atoms. The fourth-order valence-corrected chi connectivity index (χ4v) is 3.75. The molecule has 1 nitrogen and oxygen atoms in total. The molecule has 0 radical (unpaired) electrons. The highest BCUT2D eigenvalue weighted by atomic mass is 32.2. The highest BCUT2D eigenvalue weighted by Gasteiger charge is 2.37. The van der Waals surface area contributed by atoms with Gasteiger partial charge in [-0.05, 0) is 64.0 Å². The summed E-state index contributed by atoms with van der Waals surface area (Å²) in [5, 5.41) is 3.80. The Bertz CT molecular complexity index is 233. The Kier molecular flexibility index (Phi) is 4.46. The SMILES string of the molecule is CSC(C)(C)CNC1CCC2(CCCC2)CC1. The van der Waals surface area contributed by atoms with E-state index in [0.29, 0.717) is 4.75 Å². The average Bonchev–Trinajstić information content (AvgIpc) is 2.77. The summed E-state index contributed by atoms with van der Waals surface area (Å²) in [6.45, 7) is 5.84. The fraction of sp³-hybridized carbons (Fsp3) is 1.00. The van der Waals surface area contributed by atoms with E-state index in [1.807, 2.05) is 11.8 Å². The van der Waals surface area contributed by atoms with Crippen molar-refractivity contribution in [2.75, 3.05) is 12.8 Å². The maximum atomic E-state index is 3.80. The van der Waals surface area contributed by atoms with Gasteiger partial charge in [-0.15, -0.1) is 0 Å². The topological polar surface area (TPSA) is 12.0 Å². The van der Waals surface area contributed by atoms with Crippen LogP contribution >= 0.6 is 11.8 Å². The maximum Gasteiger partial charge on any atom is 0.0225 e. The number of thioether (sulfide) groups is 1. The molecule has 0 aromatic heterocycles. The van der Waals surface area contributed by atoms with Gasteiger partial charge >= 0.3 is 0 Å². The second kappa shape index (κ2) is 5.52. The van der Waals surface area contributed by atoms with E-state index >= 15 is 0 Å². The van der Waals surface area contributed by atoms with E-state index in [1.165, 1.54) is 51.4 Å². The van der Waals surface area contributed by atoms with Crippen LogP contribution in [0.15, 0.2) is 0 Å². The Labute approximate surface area is 112 Å². The van der Waals surface area contributed by atoms with Crippen LogP contribution in [0.25, 0.3) is 0 Å². The first-order chi connectivity index (χ1) is 8.05. The van der Waals surface area contributed by atoms with Gasteiger partial charge in [0.1, 0.15) is 0 Å². The Morgan fingerprint density at radius 2 is 1.71 bits per heavy atom. The van der Waals surface area contributed by atoms with Gasteiger partial charge in [0.05, 0.1) is 0 Å². The van der Waals surface area contributed by atoms with Gasteiger partial charge in [-0.1, -0.05) is 12.8 Å². The first-order valence-electron chi connectivity index (χ1n) is 7.34. The van der Waals surface area contributed by atoms with Gasteiger partial charge in [0.25, 0.3) is 0 Å². The van der Waals surface area contributed by atoms with Crippen molar-refractivity contribution in [2.45, 2.75) is 76.0 Å². The molecule has 0 aromatic carbocycles. The van der Waals surface area contributed by atoms with Crippen LogP contribution in [0.1, 0.15) is 65.2 Å². The molecular weight excluding hydrogens is 226 g/mol. The van der Waals surface area contributed by atoms with E-state index in [1.54, 1.807) is 0 Å². The summed E-state index contributed by atoms with van der Waals surface area (Å²) < 4.78 is 0.391. The summed E-state index contributed by atoms with van der Waals surface area (Å²) in [5.74, 6) is 0. The molecule has 0 aliphatic heterocycles. The lowest BCUT2D eigenvalue weighted by molar-refractivity contribution is 0.168. The average molecular weight is 255 g/mol. The number of hydrogen-bond acceptors (Lipinski definition) is 2. The van der Waals surface area contributed by atoms with Crippen molar-refractivity contribution in [3.05, 3.63) is 0 Å². The minimum absolute atomic E-state index is 0.391. The van der Waals surface area contributed by atoms with Crippen LogP contribution in [0.5, 0.6) is 0 Å². The zero-order valence-electron chi connectivity index (χ0n) is 11.8. The predicted octanol–water partition coefficient (Wildman–Crippen LogP) is 4.22. The van der Waals surface area contributed by atoms with E-state index in [0.717, 1.165) is 18.0 Å². The molecule has 1 spiro atoms. The summed E-state index contributed by atoms with van der Waals surface area (Å²) in [6, 6.07) is 0.799. The molecule has 0 saturated heterocycles. The first-order valence-corrected chi connectivity index (χ1v) is 8.56. The Hall–Kier alpha value is 0.310. The zero-order valence-corrected chi connectivity index (χ0v) is 12.7. The molecule has 0 heterocycles. The maximum absolute atomic E-state index is 3.80. The van der Waals surface area contributed by atoms with Crippen LogP contribution in [-0.4, -0.2) is 23.6 Å². The van der Waals surface area contributed by atoms with E-state index in [4.69, 9.17) is 0 Å². The smallest absolute Gasteiger partial charge is 0.0225 e. The van der Waals surface area contributed by atoms with Gasteiger partial charge in [0.2, 0.25) is 0 Å². The molecule has 2 aliphatic carbocycles. The molecule has 0 unspecified atom stereocenters. The standard InChI is InChI=1S/C15H29NS/c1-14(2,17-3)12-16-13-6-10-15(11-7-13)8-4-5-9-15/h13,16H,4-12H2,1-3H3. The van der Waals surface area contributed by atoms with Crippen molar-refractivity contribution >= 4 is 11.8 Å². The number of hydrogen-bond donors (Lipinski definition) is 1. The third-order valence-electron chi connectivity index (χ3n) is 5.08. The van der Waals surface area contributed by atoms with E-state index in [9.17, 15) is 0 Å². The molecule has 2 aliphatic rings. The molecule has 2 fully saturated rings. The Morgan fingerprint density at radius 1 is 1.12 bits per heavy atom. The molecule has 0 atom stereocenters. The molecule has 0 amide bonds.